The fourth-order valence-electron chi connectivity index (χ4n) is 2.75. The highest BCUT2D eigenvalue weighted by Crippen LogP contribution is 2.13. The van der Waals surface area contributed by atoms with Crippen LogP contribution >= 0.6 is 0 Å². The number of carboxylic acid groups (broad SMARTS) is 1. The summed E-state index contributed by atoms with van der Waals surface area (Å²) in [5.74, 6) is -1.01. The second-order valence-corrected chi connectivity index (χ2v) is 5.85. The Kier molecular flexibility index (Phi) is 4.79. The molecule has 0 aliphatic carbocycles. The average Bonchev–Trinajstić information content (AvgIpc) is 2.93. The molecule has 1 amide bonds. The number of carboxylic acids is 1. The molecule has 0 spiro atoms. The maximum Gasteiger partial charge on any atom is 0.335 e. The second-order valence-electron chi connectivity index (χ2n) is 5.85. The first-order chi connectivity index (χ1) is 12.0. The zero-order chi connectivity index (χ0) is 17.8. The molecule has 1 aromatic carbocycles. The molecule has 0 atom stereocenters. The smallest absolute Gasteiger partial charge is 0.335 e. The van der Waals surface area contributed by atoms with Crippen molar-refractivity contribution in [1.29, 1.82) is 0 Å². The first kappa shape index (κ1) is 16.7. The van der Waals surface area contributed by atoms with Gasteiger partial charge in [0.15, 0.2) is 0 Å². The Morgan fingerprint density at radius 1 is 1.16 bits per heavy atom. The van der Waals surface area contributed by atoms with Gasteiger partial charge in [-0.15, -0.1) is 0 Å². The maximum atomic E-state index is 12.1. The fourth-order valence-corrected chi connectivity index (χ4v) is 2.75. The van der Waals surface area contributed by atoms with Crippen LogP contribution < -0.4 is 5.32 Å². The molecule has 25 heavy (non-hydrogen) atoms. The number of rotatable bonds is 6. The van der Waals surface area contributed by atoms with E-state index in [-0.39, 0.29) is 11.5 Å². The van der Waals surface area contributed by atoms with E-state index in [9.17, 15) is 9.59 Å². The SMILES string of the molecule is Cc1nc2ccccn2c1CCC(=O)NCc1ccc(C(=O)O)cc1. The average molecular weight is 337 g/mol. The van der Waals surface area contributed by atoms with Crippen molar-refractivity contribution in [2.45, 2.75) is 26.3 Å². The van der Waals surface area contributed by atoms with Crippen LogP contribution in [0.15, 0.2) is 48.7 Å². The number of pyridine rings is 1. The van der Waals surface area contributed by atoms with Gasteiger partial charge in [-0.1, -0.05) is 18.2 Å². The zero-order valence-electron chi connectivity index (χ0n) is 13.9. The van der Waals surface area contributed by atoms with Crippen LogP contribution in [0.1, 0.15) is 33.7 Å². The normalized spacial score (nSPS) is 10.8. The van der Waals surface area contributed by atoms with Crippen LogP contribution in [0.3, 0.4) is 0 Å². The second kappa shape index (κ2) is 7.17. The van der Waals surface area contributed by atoms with E-state index in [1.54, 1.807) is 12.1 Å². The number of imidazole rings is 1. The van der Waals surface area contributed by atoms with Gasteiger partial charge >= 0.3 is 5.97 Å². The van der Waals surface area contributed by atoms with Gasteiger partial charge in [0.05, 0.1) is 11.3 Å². The van der Waals surface area contributed by atoms with Gasteiger partial charge in [0, 0.05) is 24.9 Å². The lowest BCUT2D eigenvalue weighted by Crippen LogP contribution is -2.23. The van der Waals surface area contributed by atoms with E-state index in [0.717, 1.165) is 22.6 Å². The number of nitrogens with one attached hydrogen (secondary N) is 1. The Morgan fingerprint density at radius 2 is 1.92 bits per heavy atom. The molecule has 6 heteroatoms. The van der Waals surface area contributed by atoms with Crippen LogP contribution in [0.25, 0.3) is 5.65 Å². The molecule has 0 saturated carbocycles. The summed E-state index contributed by atoms with van der Waals surface area (Å²) in [4.78, 5) is 27.4. The van der Waals surface area contributed by atoms with Crippen molar-refractivity contribution in [1.82, 2.24) is 14.7 Å². The molecule has 2 N–H and O–H groups in total. The zero-order valence-corrected chi connectivity index (χ0v) is 13.9. The molecule has 0 radical (unpaired) electrons. The highest BCUT2D eigenvalue weighted by atomic mass is 16.4. The summed E-state index contributed by atoms with van der Waals surface area (Å²) in [5.41, 5.74) is 3.95. The van der Waals surface area contributed by atoms with Crippen molar-refractivity contribution >= 4 is 17.5 Å². The molecule has 3 aromatic rings. The standard InChI is InChI=1S/C19H19N3O3/c1-13-16(22-11-3-2-4-17(22)21-13)9-10-18(23)20-12-14-5-7-15(8-6-14)19(24)25/h2-8,11H,9-10,12H2,1H3,(H,20,23)(H,24,25). The van der Waals surface area contributed by atoms with Gasteiger partial charge in [-0.05, 0) is 43.2 Å². The van der Waals surface area contributed by atoms with E-state index in [2.05, 4.69) is 10.3 Å². The Bertz CT molecular complexity index is 913. The summed E-state index contributed by atoms with van der Waals surface area (Å²) < 4.78 is 2.01. The third-order valence-corrected chi connectivity index (χ3v) is 4.11. The van der Waals surface area contributed by atoms with Crippen LogP contribution in [-0.4, -0.2) is 26.4 Å². The van der Waals surface area contributed by atoms with E-state index in [1.165, 1.54) is 12.1 Å². The predicted molar refractivity (Wildman–Crippen MR) is 93.5 cm³/mol. The van der Waals surface area contributed by atoms with E-state index in [4.69, 9.17) is 5.11 Å². The largest absolute Gasteiger partial charge is 0.478 e. The number of fused-ring (bicyclic) bond motifs is 1. The van der Waals surface area contributed by atoms with Crippen LogP contribution in [0, 0.1) is 6.92 Å². The minimum absolute atomic E-state index is 0.0485. The molecule has 2 heterocycles. The number of carbonyl (C=O) groups excluding carboxylic acids is 1. The van der Waals surface area contributed by atoms with Crippen LogP contribution in [0.4, 0.5) is 0 Å². The lowest BCUT2D eigenvalue weighted by Gasteiger charge is -2.06. The van der Waals surface area contributed by atoms with Gasteiger partial charge in [-0.3, -0.25) is 4.79 Å². The maximum absolute atomic E-state index is 12.1. The van der Waals surface area contributed by atoms with Crippen molar-refractivity contribution in [3.63, 3.8) is 0 Å². The van der Waals surface area contributed by atoms with Crippen LogP contribution in [0.2, 0.25) is 0 Å². The van der Waals surface area contributed by atoms with Crippen molar-refractivity contribution in [3.8, 4) is 0 Å². The molecule has 0 aliphatic rings. The number of carbonyl (C=O) groups is 2. The molecule has 2 aromatic heterocycles. The summed E-state index contributed by atoms with van der Waals surface area (Å²) in [6.07, 6.45) is 2.93. The summed E-state index contributed by atoms with van der Waals surface area (Å²) in [6, 6.07) is 12.3. The summed E-state index contributed by atoms with van der Waals surface area (Å²) in [6.45, 7) is 2.33. The summed E-state index contributed by atoms with van der Waals surface area (Å²) in [7, 11) is 0. The Balaban J connectivity index is 1.56. The molecule has 0 unspecified atom stereocenters. The molecule has 3 rings (SSSR count). The number of amides is 1. The number of nitrogens with zero attached hydrogens (tertiary/aromatic N) is 2. The monoisotopic (exact) mass is 337 g/mol. The minimum atomic E-state index is -0.959. The Hall–Kier alpha value is -3.15. The minimum Gasteiger partial charge on any atom is -0.478 e. The molecular weight excluding hydrogens is 318 g/mol. The van der Waals surface area contributed by atoms with Gasteiger partial charge < -0.3 is 14.8 Å². The molecule has 0 aliphatic heterocycles. The number of hydrogen-bond donors (Lipinski definition) is 2. The van der Waals surface area contributed by atoms with Crippen molar-refractivity contribution in [2.75, 3.05) is 0 Å². The van der Waals surface area contributed by atoms with E-state index in [0.29, 0.717) is 19.4 Å². The fraction of sp³-hybridized carbons (Fsp3) is 0.211. The van der Waals surface area contributed by atoms with E-state index in [1.807, 2.05) is 35.7 Å². The number of hydrogen-bond acceptors (Lipinski definition) is 3. The Morgan fingerprint density at radius 3 is 2.64 bits per heavy atom. The molecular formula is C19H19N3O3. The molecule has 128 valence electrons. The van der Waals surface area contributed by atoms with Crippen LogP contribution in [-0.2, 0) is 17.8 Å². The van der Waals surface area contributed by atoms with Gasteiger partial charge in [0.25, 0.3) is 0 Å². The summed E-state index contributed by atoms with van der Waals surface area (Å²) >= 11 is 0. The van der Waals surface area contributed by atoms with Crippen molar-refractivity contribution in [3.05, 3.63) is 71.2 Å². The topological polar surface area (TPSA) is 83.7 Å². The predicted octanol–water partition coefficient (Wildman–Crippen LogP) is 2.59. The number of benzene rings is 1. The summed E-state index contributed by atoms with van der Waals surface area (Å²) in [5, 5.41) is 11.7. The van der Waals surface area contributed by atoms with E-state index < -0.39 is 5.97 Å². The highest BCUT2D eigenvalue weighted by molar-refractivity contribution is 5.87. The van der Waals surface area contributed by atoms with E-state index >= 15 is 0 Å². The number of aromatic nitrogens is 2. The Labute approximate surface area is 145 Å². The van der Waals surface area contributed by atoms with Crippen molar-refractivity contribution < 1.29 is 14.7 Å². The van der Waals surface area contributed by atoms with Gasteiger partial charge in [-0.2, -0.15) is 0 Å². The molecule has 0 fully saturated rings. The van der Waals surface area contributed by atoms with Gasteiger partial charge in [0.1, 0.15) is 5.65 Å². The number of aryl methyl sites for hydroxylation is 2. The first-order valence-electron chi connectivity index (χ1n) is 8.06. The molecule has 0 saturated heterocycles. The first-order valence-corrected chi connectivity index (χ1v) is 8.06. The number of aromatic carboxylic acids is 1. The third-order valence-electron chi connectivity index (χ3n) is 4.11. The van der Waals surface area contributed by atoms with Crippen LogP contribution in [0.5, 0.6) is 0 Å². The van der Waals surface area contributed by atoms with Crippen molar-refractivity contribution in [2.24, 2.45) is 0 Å². The quantitative estimate of drug-likeness (QED) is 0.724. The lowest BCUT2D eigenvalue weighted by atomic mass is 10.1. The van der Waals surface area contributed by atoms with Gasteiger partial charge in [0.2, 0.25) is 5.91 Å². The molecule has 6 nitrogen and oxygen atoms in total. The van der Waals surface area contributed by atoms with Gasteiger partial charge in [-0.25, -0.2) is 9.78 Å². The third kappa shape index (κ3) is 3.85. The molecule has 0 bridgehead atoms. The highest BCUT2D eigenvalue weighted by Gasteiger charge is 2.10. The lowest BCUT2D eigenvalue weighted by molar-refractivity contribution is -0.121.